The Bertz CT molecular complexity index is 672. The summed E-state index contributed by atoms with van der Waals surface area (Å²) in [6, 6.07) is 0. The van der Waals surface area contributed by atoms with Gasteiger partial charge in [-0.05, 0) is 15.9 Å². The summed E-state index contributed by atoms with van der Waals surface area (Å²) < 4.78 is 190. The van der Waals surface area contributed by atoms with E-state index in [1.54, 1.807) is 0 Å². The van der Waals surface area contributed by atoms with Gasteiger partial charge in [-0.15, -0.1) is 0 Å². The minimum absolute atomic E-state index is 1.33. The molecule has 0 nitrogen and oxygen atoms in total. The van der Waals surface area contributed by atoms with Gasteiger partial charge in [-0.1, -0.05) is 0 Å². The van der Waals surface area contributed by atoms with Crippen LogP contribution in [0, 0.1) is 0 Å². The molecule has 0 aromatic heterocycles. The van der Waals surface area contributed by atoms with Crippen LogP contribution in [-0.4, -0.2) is 0 Å². The van der Waals surface area contributed by atoms with E-state index in [1.165, 1.54) is 15.9 Å². The summed E-state index contributed by atoms with van der Waals surface area (Å²) in [5.41, 5.74) is -19.2. The van der Waals surface area contributed by atoms with Crippen LogP contribution in [0.25, 0.3) is 0 Å². The van der Waals surface area contributed by atoms with Crippen molar-refractivity contribution in [2.75, 3.05) is 0 Å². The number of alkyl halides is 15. The molecule has 1 aromatic carbocycles. The zero-order valence-corrected chi connectivity index (χ0v) is 13.1. The molecule has 27 heavy (non-hydrogen) atoms. The Hall–Kier alpha value is -1.35. The number of halogens is 16. The molecule has 0 saturated carbocycles. The van der Waals surface area contributed by atoms with Gasteiger partial charge in [0.1, 0.15) is 0 Å². The number of hydrogen-bond acceptors (Lipinski definition) is 0. The van der Waals surface area contributed by atoms with E-state index in [0.717, 1.165) is 0 Å². The lowest BCUT2D eigenvalue weighted by Crippen LogP contribution is -2.31. The molecule has 16 heteroatoms. The molecule has 0 aliphatic rings. The zero-order chi connectivity index (χ0) is 22.0. The van der Waals surface area contributed by atoms with Crippen molar-refractivity contribution in [2.45, 2.75) is 30.9 Å². The lowest BCUT2D eigenvalue weighted by molar-refractivity contribution is -0.189. The Labute approximate surface area is 146 Å². The van der Waals surface area contributed by atoms with E-state index in [4.69, 9.17) is 0 Å². The summed E-state index contributed by atoms with van der Waals surface area (Å²) in [5, 5.41) is 0. The molecule has 0 aliphatic heterocycles. The van der Waals surface area contributed by atoms with Crippen LogP contribution in [0.15, 0.2) is 4.47 Å². The van der Waals surface area contributed by atoms with E-state index in [9.17, 15) is 65.9 Å². The van der Waals surface area contributed by atoms with Crippen molar-refractivity contribution in [3.05, 3.63) is 32.3 Å². The topological polar surface area (TPSA) is 0 Å². The van der Waals surface area contributed by atoms with Crippen molar-refractivity contribution >= 4 is 15.9 Å². The van der Waals surface area contributed by atoms with Crippen LogP contribution in [0.1, 0.15) is 27.8 Å². The van der Waals surface area contributed by atoms with Crippen molar-refractivity contribution in [1.29, 1.82) is 0 Å². The fraction of sp³-hybridized carbons (Fsp3) is 0.455. The molecule has 0 fully saturated rings. The van der Waals surface area contributed by atoms with Gasteiger partial charge in [-0.25, -0.2) is 0 Å². The number of rotatable bonds is 0. The number of hydrogen-bond donors (Lipinski definition) is 0. The summed E-state index contributed by atoms with van der Waals surface area (Å²) in [5.74, 6) is 0. The first-order valence-corrected chi connectivity index (χ1v) is 6.57. The molecule has 0 bridgehead atoms. The molecule has 1 aromatic rings. The zero-order valence-electron chi connectivity index (χ0n) is 11.5. The average molecular weight is 497 g/mol. The maximum Gasteiger partial charge on any atom is 0.418 e. The summed E-state index contributed by atoms with van der Waals surface area (Å²) in [6.07, 6.45) is -33.4. The fourth-order valence-corrected chi connectivity index (χ4v) is 2.95. The molecule has 156 valence electrons. The highest BCUT2D eigenvalue weighted by molar-refractivity contribution is 9.10. The minimum atomic E-state index is -6.86. The molecule has 0 N–H and O–H groups in total. The Balaban J connectivity index is 4.58. The van der Waals surface area contributed by atoms with Gasteiger partial charge in [0, 0.05) is 4.47 Å². The summed E-state index contributed by atoms with van der Waals surface area (Å²) in [6.45, 7) is 0. The highest BCUT2D eigenvalue weighted by Crippen LogP contribution is 2.57. The molecule has 1 rings (SSSR count). The van der Waals surface area contributed by atoms with E-state index in [-0.39, 0.29) is 0 Å². The molecule has 0 amide bonds. The quantitative estimate of drug-likeness (QED) is 0.325. The van der Waals surface area contributed by atoms with Crippen molar-refractivity contribution in [3.8, 4) is 0 Å². The van der Waals surface area contributed by atoms with Crippen LogP contribution in [0.5, 0.6) is 0 Å². The fourth-order valence-electron chi connectivity index (χ4n) is 2.10. The third-order valence-corrected chi connectivity index (χ3v) is 3.65. The molecular formula is C11BrF15. The largest absolute Gasteiger partial charge is 0.418 e. The summed E-state index contributed by atoms with van der Waals surface area (Å²) in [4.78, 5) is 0. The Morgan fingerprint density at radius 2 is 0.481 bits per heavy atom. The van der Waals surface area contributed by atoms with Crippen LogP contribution in [0.3, 0.4) is 0 Å². The van der Waals surface area contributed by atoms with Crippen LogP contribution in [0.4, 0.5) is 65.9 Å². The van der Waals surface area contributed by atoms with Gasteiger partial charge >= 0.3 is 30.9 Å². The minimum Gasteiger partial charge on any atom is -0.166 e. The van der Waals surface area contributed by atoms with Gasteiger partial charge < -0.3 is 0 Å². The van der Waals surface area contributed by atoms with Crippen molar-refractivity contribution < 1.29 is 65.9 Å². The maximum atomic E-state index is 12.9. The smallest absolute Gasteiger partial charge is 0.166 e. The highest BCUT2D eigenvalue weighted by atomic mass is 79.9. The Kier molecular flexibility index (Phi) is 5.56. The van der Waals surface area contributed by atoms with E-state index in [2.05, 4.69) is 0 Å². The van der Waals surface area contributed by atoms with E-state index in [0.29, 0.717) is 0 Å². The van der Waals surface area contributed by atoms with Gasteiger partial charge in [0.25, 0.3) is 0 Å². The van der Waals surface area contributed by atoms with Gasteiger partial charge in [0.2, 0.25) is 0 Å². The van der Waals surface area contributed by atoms with Gasteiger partial charge in [-0.2, -0.15) is 65.9 Å². The predicted octanol–water partition coefficient (Wildman–Crippen LogP) is 7.54. The van der Waals surface area contributed by atoms with Gasteiger partial charge in [0.05, 0.1) is 27.8 Å². The molecule has 0 saturated heterocycles. The molecule has 0 radical (unpaired) electrons. The lowest BCUT2D eigenvalue weighted by Gasteiger charge is -2.28. The molecule has 0 spiro atoms. The summed E-state index contributed by atoms with van der Waals surface area (Å²) in [7, 11) is 0. The molecule has 0 unspecified atom stereocenters. The lowest BCUT2D eigenvalue weighted by atomic mass is 9.89. The molecular weight excluding hydrogens is 497 g/mol. The third-order valence-electron chi connectivity index (χ3n) is 2.86. The van der Waals surface area contributed by atoms with Crippen molar-refractivity contribution in [2.24, 2.45) is 0 Å². The van der Waals surface area contributed by atoms with Crippen LogP contribution in [-0.2, 0) is 30.9 Å². The second-order valence-electron chi connectivity index (χ2n) is 4.68. The Morgan fingerprint density at radius 1 is 0.333 bits per heavy atom. The van der Waals surface area contributed by atoms with Crippen LogP contribution in [0.2, 0.25) is 0 Å². The maximum absolute atomic E-state index is 12.9. The standard InChI is InChI=1S/C11BrF15/c12-6-4(10(22,23)24)2(8(16,17)18)1(7(13,14)15)3(9(19,20)21)5(6)11(25,26)27. The average Bonchev–Trinajstić information content (AvgIpc) is 2.29. The molecule has 0 heterocycles. The molecule has 0 atom stereocenters. The molecule has 0 aliphatic carbocycles. The van der Waals surface area contributed by atoms with Gasteiger partial charge in [-0.3, -0.25) is 0 Å². The first kappa shape index (κ1) is 23.7. The van der Waals surface area contributed by atoms with Crippen molar-refractivity contribution in [3.63, 3.8) is 0 Å². The highest BCUT2D eigenvalue weighted by Gasteiger charge is 2.60. The monoisotopic (exact) mass is 496 g/mol. The first-order valence-electron chi connectivity index (χ1n) is 5.77. The third kappa shape index (κ3) is 4.56. The van der Waals surface area contributed by atoms with Crippen molar-refractivity contribution in [1.82, 2.24) is 0 Å². The normalized spacial score (nSPS) is 14.7. The second kappa shape index (κ2) is 6.34. The second-order valence-corrected chi connectivity index (χ2v) is 5.47. The van der Waals surface area contributed by atoms with Gasteiger partial charge in [0.15, 0.2) is 0 Å². The van der Waals surface area contributed by atoms with E-state index < -0.39 is 63.2 Å². The van der Waals surface area contributed by atoms with E-state index in [1.807, 2.05) is 0 Å². The summed E-state index contributed by atoms with van der Waals surface area (Å²) >= 11 is 1.33. The SMILES string of the molecule is FC(F)(F)c1c(Br)c(C(F)(F)F)c(C(F)(F)F)c(C(F)(F)F)c1C(F)(F)F. The number of benzene rings is 1. The van der Waals surface area contributed by atoms with Crippen LogP contribution >= 0.6 is 15.9 Å². The first-order chi connectivity index (χ1) is 11.5. The Morgan fingerprint density at radius 3 is 0.630 bits per heavy atom. The van der Waals surface area contributed by atoms with Crippen LogP contribution < -0.4 is 0 Å². The van der Waals surface area contributed by atoms with E-state index >= 15 is 0 Å². The predicted molar refractivity (Wildman–Crippen MR) is 59.2 cm³/mol.